The van der Waals surface area contributed by atoms with Crippen LogP contribution in [0.15, 0.2) is 85.2 Å². The van der Waals surface area contributed by atoms with Crippen molar-refractivity contribution in [2.75, 3.05) is 37.6 Å². The molecule has 0 amide bonds. The van der Waals surface area contributed by atoms with Gasteiger partial charge < -0.3 is 14.5 Å². The Morgan fingerprint density at radius 3 is 2.53 bits per heavy atom. The van der Waals surface area contributed by atoms with E-state index in [2.05, 4.69) is 80.1 Å². The van der Waals surface area contributed by atoms with Gasteiger partial charge in [-0.25, -0.2) is 4.39 Å². The van der Waals surface area contributed by atoms with Crippen molar-refractivity contribution in [3.8, 4) is 0 Å². The zero-order valence-corrected chi connectivity index (χ0v) is 19.3. The summed E-state index contributed by atoms with van der Waals surface area (Å²) < 4.78 is 16.0. The summed E-state index contributed by atoms with van der Waals surface area (Å²) in [5.74, 6) is -0.172. The molecule has 6 rings (SSSR count). The molecule has 0 atom stereocenters. The van der Waals surface area contributed by atoms with Gasteiger partial charge in [0, 0.05) is 73.6 Å². The molecule has 0 saturated carbocycles. The van der Waals surface area contributed by atoms with Crippen LogP contribution in [-0.2, 0) is 13.0 Å². The predicted molar refractivity (Wildman–Crippen MR) is 138 cm³/mol. The molecule has 34 heavy (non-hydrogen) atoms. The highest BCUT2D eigenvalue weighted by atomic mass is 19.1. The molecule has 172 valence electrons. The fourth-order valence-corrected chi connectivity index (χ4v) is 5.25. The van der Waals surface area contributed by atoms with E-state index in [0.29, 0.717) is 0 Å². The van der Waals surface area contributed by atoms with Crippen molar-refractivity contribution in [3.05, 3.63) is 102 Å². The average molecular weight is 453 g/mol. The number of benzene rings is 3. The fourth-order valence-electron chi connectivity index (χ4n) is 5.25. The van der Waals surface area contributed by atoms with Gasteiger partial charge in [0.05, 0.1) is 5.52 Å². The van der Waals surface area contributed by atoms with Crippen LogP contribution in [0.2, 0.25) is 0 Å². The number of hydrogen-bond acceptors (Lipinski definition) is 2. The lowest BCUT2D eigenvalue weighted by Crippen LogP contribution is -2.47. The molecule has 0 radical (unpaired) electrons. The summed E-state index contributed by atoms with van der Waals surface area (Å²) in [6, 6.07) is 24.5. The number of fused-ring (bicyclic) bond motifs is 2. The molecule has 1 aliphatic rings. The first-order chi connectivity index (χ1) is 16.7. The third-order valence-electron chi connectivity index (χ3n) is 7.13. The zero-order chi connectivity index (χ0) is 22.9. The topological polar surface area (TPSA) is 27.2 Å². The normalized spacial score (nSPS) is 14.9. The van der Waals surface area contributed by atoms with Crippen LogP contribution < -0.4 is 4.90 Å². The van der Waals surface area contributed by atoms with E-state index in [1.807, 2.05) is 12.3 Å². The Balaban J connectivity index is 1.12. The largest absolute Gasteiger partial charge is 0.368 e. The molecule has 0 unspecified atom stereocenters. The third kappa shape index (κ3) is 4.08. The Hall–Kier alpha value is -3.57. The van der Waals surface area contributed by atoms with E-state index in [0.717, 1.165) is 56.6 Å². The molecular formula is C29H29FN4. The lowest BCUT2D eigenvalue weighted by Gasteiger charge is -2.36. The molecule has 5 aromatic rings. The van der Waals surface area contributed by atoms with Crippen LogP contribution in [0.5, 0.6) is 0 Å². The second kappa shape index (κ2) is 8.99. The van der Waals surface area contributed by atoms with Crippen molar-refractivity contribution in [2.45, 2.75) is 13.0 Å². The second-order valence-corrected chi connectivity index (χ2v) is 9.22. The van der Waals surface area contributed by atoms with E-state index >= 15 is 0 Å². The molecule has 0 bridgehead atoms. The Labute approximate surface area is 199 Å². The Morgan fingerprint density at radius 2 is 1.68 bits per heavy atom. The van der Waals surface area contributed by atoms with Gasteiger partial charge in [-0.2, -0.15) is 0 Å². The molecule has 0 spiro atoms. The maximum Gasteiger partial charge on any atom is 0.123 e. The number of anilines is 1. The van der Waals surface area contributed by atoms with Crippen molar-refractivity contribution in [3.63, 3.8) is 0 Å². The van der Waals surface area contributed by atoms with Crippen LogP contribution in [0.25, 0.3) is 21.8 Å². The smallest absolute Gasteiger partial charge is 0.123 e. The van der Waals surface area contributed by atoms with Crippen LogP contribution in [0.1, 0.15) is 11.1 Å². The number of nitrogens with one attached hydrogen (secondary N) is 1. The van der Waals surface area contributed by atoms with Gasteiger partial charge in [0.25, 0.3) is 0 Å². The molecule has 1 saturated heterocycles. The maximum absolute atomic E-state index is 13.7. The van der Waals surface area contributed by atoms with Crippen molar-refractivity contribution in [2.24, 2.45) is 0 Å². The van der Waals surface area contributed by atoms with Crippen LogP contribution in [0.4, 0.5) is 10.1 Å². The number of nitrogens with zero attached hydrogens (tertiary/aromatic N) is 3. The molecule has 1 aliphatic heterocycles. The van der Waals surface area contributed by atoms with E-state index in [1.165, 1.54) is 33.8 Å². The first-order valence-electron chi connectivity index (χ1n) is 12.1. The van der Waals surface area contributed by atoms with Crippen LogP contribution >= 0.6 is 0 Å². The monoisotopic (exact) mass is 452 g/mol. The minimum absolute atomic E-state index is 0.172. The number of halogens is 1. The first kappa shape index (κ1) is 21.0. The molecule has 3 aromatic carbocycles. The lowest BCUT2D eigenvalue weighted by atomic mass is 10.1. The Morgan fingerprint density at radius 1 is 0.824 bits per heavy atom. The van der Waals surface area contributed by atoms with E-state index in [1.54, 1.807) is 6.07 Å². The molecule has 1 N–H and O–H groups in total. The van der Waals surface area contributed by atoms with Gasteiger partial charge in [-0.15, -0.1) is 0 Å². The maximum atomic E-state index is 13.7. The number of piperazine rings is 1. The van der Waals surface area contributed by atoms with Gasteiger partial charge >= 0.3 is 0 Å². The third-order valence-corrected chi connectivity index (χ3v) is 7.13. The number of aromatic amines is 1. The van der Waals surface area contributed by atoms with E-state index < -0.39 is 0 Å². The average Bonchev–Trinajstić information content (AvgIpc) is 3.47. The molecule has 3 heterocycles. The lowest BCUT2D eigenvalue weighted by molar-refractivity contribution is 0.261. The van der Waals surface area contributed by atoms with Crippen molar-refractivity contribution >= 4 is 27.5 Å². The second-order valence-electron chi connectivity index (χ2n) is 9.22. The summed E-state index contributed by atoms with van der Waals surface area (Å²) in [4.78, 5) is 8.31. The molecular weight excluding hydrogens is 423 g/mol. The first-order valence-corrected chi connectivity index (χ1v) is 12.1. The summed E-state index contributed by atoms with van der Waals surface area (Å²) in [6.45, 7) is 6.00. The number of aromatic nitrogens is 2. The standard InChI is InChI=1S/C29H29FN4/c30-24-9-10-27-26(19-24)23(20-31-27)11-13-32-15-17-33(18-16-32)28-7-4-8-29-25(28)12-14-34(29)21-22-5-2-1-3-6-22/h1-10,12,14,19-20,31H,11,13,15-18,21H2. The zero-order valence-electron chi connectivity index (χ0n) is 19.3. The summed E-state index contributed by atoms with van der Waals surface area (Å²) in [6.07, 6.45) is 5.17. The van der Waals surface area contributed by atoms with E-state index in [4.69, 9.17) is 0 Å². The van der Waals surface area contributed by atoms with Gasteiger partial charge in [0.1, 0.15) is 5.82 Å². The minimum atomic E-state index is -0.172. The van der Waals surface area contributed by atoms with Crippen molar-refractivity contribution in [1.82, 2.24) is 14.5 Å². The molecule has 4 nitrogen and oxygen atoms in total. The van der Waals surface area contributed by atoms with Gasteiger partial charge in [-0.1, -0.05) is 36.4 Å². The molecule has 5 heteroatoms. The highest BCUT2D eigenvalue weighted by Crippen LogP contribution is 2.29. The number of H-pyrrole nitrogens is 1. The minimum Gasteiger partial charge on any atom is -0.368 e. The molecule has 2 aromatic heterocycles. The number of rotatable bonds is 6. The van der Waals surface area contributed by atoms with E-state index in [9.17, 15) is 4.39 Å². The predicted octanol–water partition coefficient (Wildman–Crippen LogP) is 5.67. The summed E-state index contributed by atoms with van der Waals surface area (Å²) >= 11 is 0. The summed E-state index contributed by atoms with van der Waals surface area (Å²) in [7, 11) is 0. The SMILES string of the molecule is Fc1ccc2[nH]cc(CCN3CCN(c4cccc5c4ccn5Cc4ccccc4)CC3)c2c1. The van der Waals surface area contributed by atoms with Gasteiger partial charge in [0.15, 0.2) is 0 Å². The summed E-state index contributed by atoms with van der Waals surface area (Å²) in [5.41, 5.74) is 6.14. The summed E-state index contributed by atoms with van der Waals surface area (Å²) in [5, 5.41) is 2.33. The Kier molecular flexibility index (Phi) is 5.55. The van der Waals surface area contributed by atoms with E-state index in [-0.39, 0.29) is 5.82 Å². The van der Waals surface area contributed by atoms with Crippen molar-refractivity contribution in [1.29, 1.82) is 0 Å². The molecule has 1 fully saturated rings. The van der Waals surface area contributed by atoms with Gasteiger partial charge in [0.2, 0.25) is 0 Å². The quantitative estimate of drug-likeness (QED) is 0.359. The highest BCUT2D eigenvalue weighted by Gasteiger charge is 2.19. The molecule has 0 aliphatic carbocycles. The van der Waals surface area contributed by atoms with Crippen LogP contribution in [0, 0.1) is 5.82 Å². The fraction of sp³-hybridized carbons (Fsp3) is 0.241. The van der Waals surface area contributed by atoms with Crippen LogP contribution in [-0.4, -0.2) is 47.2 Å². The number of hydrogen-bond donors (Lipinski definition) is 1. The Bertz CT molecular complexity index is 1410. The highest BCUT2D eigenvalue weighted by molar-refractivity contribution is 5.93. The van der Waals surface area contributed by atoms with Gasteiger partial charge in [-0.3, -0.25) is 4.90 Å². The van der Waals surface area contributed by atoms with Crippen molar-refractivity contribution < 1.29 is 4.39 Å². The van der Waals surface area contributed by atoms with Gasteiger partial charge in [-0.05, 0) is 53.9 Å². The van der Waals surface area contributed by atoms with Crippen LogP contribution in [0.3, 0.4) is 0 Å².